The first kappa shape index (κ1) is 19.6. The molecule has 0 aliphatic carbocycles. The lowest BCUT2D eigenvalue weighted by Gasteiger charge is -2.39. The maximum Gasteiger partial charge on any atom is 0.339 e. The molecule has 1 fully saturated rings. The average molecular weight is 344 g/mol. The molecule has 2 unspecified atom stereocenters. The molecule has 4 atom stereocenters. The van der Waals surface area contributed by atoms with Crippen molar-refractivity contribution in [3.63, 3.8) is 0 Å². The van der Waals surface area contributed by atoms with Crippen LogP contribution in [0.4, 0.5) is 0 Å². The summed E-state index contributed by atoms with van der Waals surface area (Å²) in [6.07, 6.45) is -3.52. The third kappa shape index (κ3) is 5.65. The van der Waals surface area contributed by atoms with Crippen LogP contribution in [0.3, 0.4) is 0 Å². The molecule has 0 aromatic heterocycles. The molecule has 1 rings (SSSR count). The highest BCUT2D eigenvalue weighted by Gasteiger charge is 2.50. The smallest absolute Gasteiger partial charge is 0.339 e. The zero-order valence-electron chi connectivity index (χ0n) is 13.7. The molecule has 134 valence electrons. The van der Waals surface area contributed by atoms with Gasteiger partial charge in [-0.1, -0.05) is 12.7 Å². The lowest BCUT2D eigenvalue weighted by molar-refractivity contribution is -0.229. The van der Waals surface area contributed by atoms with E-state index in [1.165, 1.54) is 6.08 Å². The van der Waals surface area contributed by atoms with Crippen LogP contribution in [0.1, 0.15) is 20.8 Å². The number of rotatable bonds is 6. The molecule has 0 aromatic carbocycles. The fourth-order valence-corrected chi connectivity index (χ4v) is 2.17. The second kappa shape index (κ2) is 9.02. The number of hydrogen-bond donors (Lipinski definition) is 0. The Labute approximate surface area is 138 Å². The third-order valence-corrected chi connectivity index (χ3v) is 2.93. The predicted molar refractivity (Wildman–Crippen MR) is 77.6 cm³/mol. The van der Waals surface area contributed by atoms with Crippen LogP contribution in [-0.4, -0.2) is 61.5 Å². The van der Waals surface area contributed by atoms with E-state index in [1.54, 1.807) is 0 Å². The molecule has 9 nitrogen and oxygen atoms in total. The summed E-state index contributed by atoms with van der Waals surface area (Å²) in [5, 5.41) is 0. The van der Waals surface area contributed by atoms with Gasteiger partial charge in [-0.15, -0.1) is 0 Å². The monoisotopic (exact) mass is 344 g/mol. The maximum atomic E-state index is 12.1. The number of esters is 4. The summed E-state index contributed by atoms with van der Waals surface area (Å²) in [6.45, 7) is 6.52. The van der Waals surface area contributed by atoms with E-state index < -0.39 is 48.3 Å². The second-order valence-electron chi connectivity index (χ2n) is 4.97. The first-order chi connectivity index (χ1) is 11.3. The molecule has 1 aliphatic heterocycles. The lowest BCUT2D eigenvalue weighted by atomic mass is 9.99. The quantitative estimate of drug-likeness (QED) is 0.370. The number of hydrogen-bond acceptors (Lipinski definition) is 9. The molecular formula is C15H20O9. The van der Waals surface area contributed by atoms with Gasteiger partial charge in [0.05, 0.1) is 6.61 Å². The molecule has 0 amide bonds. The normalized spacial score (nSPS) is 26.0. The minimum Gasteiger partial charge on any atom is -0.459 e. The van der Waals surface area contributed by atoms with Crippen molar-refractivity contribution in [2.45, 2.75) is 45.2 Å². The van der Waals surface area contributed by atoms with Crippen LogP contribution in [0.25, 0.3) is 0 Å². The van der Waals surface area contributed by atoms with Gasteiger partial charge >= 0.3 is 23.9 Å². The van der Waals surface area contributed by atoms with Crippen molar-refractivity contribution in [3.05, 3.63) is 12.7 Å². The minimum atomic E-state index is -1.33. The lowest BCUT2D eigenvalue weighted by Crippen LogP contribution is -2.59. The predicted octanol–water partition coefficient (Wildman–Crippen LogP) is -0.0905. The van der Waals surface area contributed by atoms with E-state index in [9.17, 15) is 19.2 Å². The van der Waals surface area contributed by atoms with Crippen molar-refractivity contribution >= 4 is 23.9 Å². The van der Waals surface area contributed by atoms with E-state index in [0.717, 1.165) is 20.8 Å². The molecule has 1 aliphatic rings. The van der Waals surface area contributed by atoms with Crippen LogP contribution in [0, 0.1) is 0 Å². The van der Waals surface area contributed by atoms with Crippen LogP contribution in [-0.2, 0) is 42.9 Å². The van der Waals surface area contributed by atoms with Crippen molar-refractivity contribution < 1.29 is 42.9 Å². The molecule has 0 saturated carbocycles. The molecule has 0 N–H and O–H groups in total. The van der Waals surface area contributed by atoms with E-state index in [0.29, 0.717) is 0 Å². The van der Waals surface area contributed by atoms with Crippen LogP contribution in [0.15, 0.2) is 12.7 Å². The van der Waals surface area contributed by atoms with E-state index in [1.807, 2.05) is 0 Å². The Kier molecular flexibility index (Phi) is 7.37. The molecule has 0 aromatic rings. The molecule has 1 saturated heterocycles. The van der Waals surface area contributed by atoms with Gasteiger partial charge in [0.25, 0.3) is 0 Å². The van der Waals surface area contributed by atoms with E-state index >= 15 is 0 Å². The highest BCUT2D eigenvalue weighted by molar-refractivity contribution is 5.77. The molecule has 1 heterocycles. The van der Waals surface area contributed by atoms with Gasteiger partial charge in [0.15, 0.2) is 24.4 Å². The average Bonchev–Trinajstić information content (AvgIpc) is 2.46. The summed E-state index contributed by atoms with van der Waals surface area (Å²) in [7, 11) is 0. The topological polar surface area (TPSA) is 114 Å². The van der Waals surface area contributed by atoms with Crippen LogP contribution in [0.5, 0.6) is 0 Å². The molecule has 0 radical (unpaired) electrons. The first-order valence-corrected chi connectivity index (χ1v) is 7.17. The molecule has 9 heteroatoms. The summed E-state index contributed by atoms with van der Waals surface area (Å²) in [4.78, 5) is 46.0. The van der Waals surface area contributed by atoms with Crippen molar-refractivity contribution in [1.82, 2.24) is 0 Å². The number of carbonyl (C=O) groups excluding carboxylic acids is 4. The van der Waals surface area contributed by atoms with Crippen molar-refractivity contribution in [1.29, 1.82) is 0 Å². The van der Waals surface area contributed by atoms with E-state index in [-0.39, 0.29) is 13.2 Å². The Morgan fingerprint density at radius 1 is 1.00 bits per heavy atom. The molecule has 24 heavy (non-hydrogen) atoms. The second-order valence-corrected chi connectivity index (χ2v) is 4.97. The minimum absolute atomic E-state index is 0.0723. The maximum absolute atomic E-state index is 12.1. The van der Waals surface area contributed by atoms with Gasteiger partial charge < -0.3 is 23.7 Å². The summed E-state index contributed by atoms with van der Waals surface area (Å²) in [5.74, 6) is -2.89. The highest BCUT2D eigenvalue weighted by atomic mass is 16.7. The van der Waals surface area contributed by atoms with Gasteiger partial charge in [0.2, 0.25) is 0 Å². The van der Waals surface area contributed by atoms with Gasteiger partial charge in [0.1, 0.15) is 6.61 Å². The third-order valence-electron chi connectivity index (χ3n) is 2.93. The molecule has 0 spiro atoms. The Bertz CT molecular complexity index is 513. The van der Waals surface area contributed by atoms with Crippen LogP contribution in [0.2, 0.25) is 0 Å². The van der Waals surface area contributed by atoms with Crippen molar-refractivity contribution in [2.75, 3.05) is 13.2 Å². The summed E-state index contributed by atoms with van der Waals surface area (Å²) >= 11 is 0. The Morgan fingerprint density at radius 3 is 2.04 bits per heavy atom. The largest absolute Gasteiger partial charge is 0.459 e. The van der Waals surface area contributed by atoms with E-state index in [4.69, 9.17) is 23.7 Å². The van der Waals surface area contributed by atoms with Gasteiger partial charge in [0, 0.05) is 20.8 Å². The fraction of sp³-hybridized carbons (Fsp3) is 0.600. The van der Waals surface area contributed by atoms with Gasteiger partial charge in [-0.05, 0) is 0 Å². The summed E-state index contributed by atoms with van der Waals surface area (Å²) < 4.78 is 25.4. The number of carbonyl (C=O) groups is 4. The Balaban J connectivity index is 3.07. The molecular weight excluding hydrogens is 324 g/mol. The fourth-order valence-electron chi connectivity index (χ4n) is 2.17. The zero-order chi connectivity index (χ0) is 18.3. The van der Waals surface area contributed by atoms with E-state index in [2.05, 4.69) is 6.58 Å². The standard InChI is InChI=1S/C15H20O9/c1-5-6-20-15(19)14-13(24-10(4)18)12(23-9(3)17)11(7-21-14)22-8(2)16/h5,11-14H,1,6-7H2,2-4H3/t11?,12-,13?,14+/m1/s1. The van der Waals surface area contributed by atoms with Crippen LogP contribution < -0.4 is 0 Å². The van der Waals surface area contributed by atoms with Crippen molar-refractivity contribution in [3.8, 4) is 0 Å². The molecule has 0 bridgehead atoms. The zero-order valence-corrected chi connectivity index (χ0v) is 13.7. The van der Waals surface area contributed by atoms with Crippen LogP contribution >= 0.6 is 0 Å². The van der Waals surface area contributed by atoms with Gasteiger partial charge in [-0.3, -0.25) is 14.4 Å². The van der Waals surface area contributed by atoms with Gasteiger partial charge in [-0.2, -0.15) is 0 Å². The van der Waals surface area contributed by atoms with Crippen molar-refractivity contribution in [2.24, 2.45) is 0 Å². The Hall–Kier alpha value is -2.42. The SMILES string of the molecule is C=CCOC(=O)[C@H]1OCC(OC(C)=O)[C@@H](OC(C)=O)C1OC(C)=O. The Morgan fingerprint density at radius 2 is 1.54 bits per heavy atom. The summed E-state index contributed by atoms with van der Waals surface area (Å²) in [6, 6.07) is 0. The highest BCUT2D eigenvalue weighted by Crippen LogP contribution is 2.25. The first-order valence-electron chi connectivity index (χ1n) is 7.17. The summed E-state index contributed by atoms with van der Waals surface area (Å²) in [5.41, 5.74) is 0. The number of ether oxygens (including phenoxy) is 5. The van der Waals surface area contributed by atoms with Gasteiger partial charge in [-0.25, -0.2) is 4.79 Å².